The normalized spacial score (nSPS) is 18.1. The summed E-state index contributed by atoms with van der Waals surface area (Å²) in [5.74, 6) is 0.281. The molecule has 1 heterocycles. The number of hydrogen-bond donors (Lipinski definition) is 2. The largest absolute Gasteiger partial charge is 0.387 e. The third-order valence-corrected chi connectivity index (χ3v) is 6.06. The first-order valence-electron chi connectivity index (χ1n) is 9.05. The minimum absolute atomic E-state index is 0. The first-order valence-corrected chi connectivity index (χ1v) is 9.81. The fraction of sp³-hybridized carbons (Fsp3) is 0.227. The molecule has 1 unspecified atom stereocenters. The van der Waals surface area contributed by atoms with Gasteiger partial charge in [0, 0.05) is 24.6 Å². The Kier molecular flexibility index (Phi) is 6.51. The molecule has 0 bridgehead atoms. The number of benzene rings is 2. The van der Waals surface area contributed by atoms with Crippen LogP contribution in [0, 0.1) is 0 Å². The molecule has 28 heavy (non-hydrogen) atoms. The van der Waals surface area contributed by atoms with Crippen molar-refractivity contribution in [3.05, 3.63) is 81.5 Å². The smallest absolute Gasteiger partial charge is 0.0703 e. The number of nitrogens with two attached hydrogens (primary N) is 1. The average Bonchev–Trinajstić information content (AvgIpc) is 2.70. The van der Waals surface area contributed by atoms with Crippen LogP contribution in [-0.4, -0.2) is 12.0 Å². The van der Waals surface area contributed by atoms with Crippen LogP contribution in [0.5, 0.6) is 0 Å². The molecule has 6 heteroatoms. The fourth-order valence-corrected chi connectivity index (χ4v) is 4.12. The second-order valence-corrected chi connectivity index (χ2v) is 7.75. The van der Waals surface area contributed by atoms with Crippen molar-refractivity contribution < 1.29 is 0 Å². The minimum atomic E-state index is 0. The van der Waals surface area contributed by atoms with E-state index in [0.29, 0.717) is 10.0 Å². The third kappa shape index (κ3) is 3.99. The van der Waals surface area contributed by atoms with Gasteiger partial charge in [-0.3, -0.25) is 4.98 Å². The van der Waals surface area contributed by atoms with Crippen molar-refractivity contribution in [3.8, 4) is 11.3 Å². The zero-order chi connectivity index (χ0) is 19.0. The zero-order valence-corrected chi connectivity index (χ0v) is 17.8. The summed E-state index contributed by atoms with van der Waals surface area (Å²) in [5, 5.41) is 4.27. The third-order valence-electron chi connectivity index (χ3n) is 5.32. The van der Waals surface area contributed by atoms with E-state index in [0.717, 1.165) is 29.8 Å². The summed E-state index contributed by atoms with van der Waals surface area (Å²) in [4.78, 5) is 4.56. The van der Waals surface area contributed by atoms with E-state index >= 15 is 0 Å². The van der Waals surface area contributed by atoms with Crippen molar-refractivity contribution in [1.29, 1.82) is 0 Å². The summed E-state index contributed by atoms with van der Waals surface area (Å²) < 4.78 is 0. The molecule has 0 amide bonds. The van der Waals surface area contributed by atoms with Crippen LogP contribution in [0.1, 0.15) is 41.5 Å². The summed E-state index contributed by atoms with van der Waals surface area (Å²) in [6.45, 7) is 0. The maximum absolute atomic E-state index is 6.46. The van der Waals surface area contributed by atoms with Gasteiger partial charge in [-0.25, -0.2) is 0 Å². The van der Waals surface area contributed by atoms with Gasteiger partial charge in [-0.05, 0) is 59.9 Å². The maximum Gasteiger partial charge on any atom is 0.0703 e. The molecular formula is C22H22Cl3N3. The van der Waals surface area contributed by atoms with E-state index in [4.69, 9.17) is 28.9 Å². The molecule has 1 aromatic heterocycles. The molecule has 146 valence electrons. The van der Waals surface area contributed by atoms with Crippen LogP contribution in [0.25, 0.3) is 11.3 Å². The average molecular weight is 435 g/mol. The Morgan fingerprint density at radius 1 is 0.964 bits per heavy atom. The number of rotatable bonds is 3. The Hall–Kier alpha value is -1.78. The molecule has 0 fully saturated rings. The van der Waals surface area contributed by atoms with Crippen molar-refractivity contribution in [2.24, 2.45) is 5.73 Å². The standard InChI is InChI=1S/C22H21Cl2N3.ClH/c1-26-15-4-9-22(27-12-15)14-2-5-17-16(6-8-21(25)18(17)10-14)13-3-7-19(23)20(24)11-13;/h2-5,7,9-12,16,21,26H,6,8,25H2,1H3;1H/t16-,21?;/m0./s1. The maximum atomic E-state index is 6.46. The van der Waals surface area contributed by atoms with Gasteiger partial charge in [0.1, 0.15) is 0 Å². The lowest BCUT2D eigenvalue weighted by molar-refractivity contribution is 0.530. The monoisotopic (exact) mass is 433 g/mol. The summed E-state index contributed by atoms with van der Waals surface area (Å²) in [7, 11) is 1.89. The lowest BCUT2D eigenvalue weighted by Gasteiger charge is -2.30. The van der Waals surface area contributed by atoms with Crippen LogP contribution < -0.4 is 11.1 Å². The molecule has 3 nitrogen and oxygen atoms in total. The molecule has 3 N–H and O–H groups in total. The molecule has 2 aromatic carbocycles. The van der Waals surface area contributed by atoms with E-state index < -0.39 is 0 Å². The molecule has 0 radical (unpaired) electrons. The Morgan fingerprint density at radius 3 is 2.46 bits per heavy atom. The van der Waals surface area contributed by atoms with Gasteiger partial charge in [0.25, 0.3) is 0 Å². The number of fused-ring (bicyclic) bond motifs is 1. The highest BCUT2D eigenvalue weighted by atomic mass is 35.5. The van der Waals surface area contributed by atoms with E-state index in [2.05, 4.69) is 34.6 Å². The molecule has 1 aliphatic rings. The lowest BCUT2D eigenvalue weighted by atomic mass is 9.76. The highest BCUT2D eigenvalue weighted by Crippen LogP contribution is 2.42. The first kappa shape index (κ1) is 20.9. The van der Waals surface area contributed by atoms with Gasteiger partial charge in [-0.2, -0.15) is 0 Å². The van der Waals surface area contributed by atoms with Gasteiger partial charge >= 0.3 is 0 Å². The molecule has 2 atom stereocenters. The van der Waals surface area contributed by atoms with Crippen LogP contribution in [0.15, 0.2) is 54.7 Å². The number of anilines is 1. The topological polar surface area (TPSA) is 50.9 Å². The molecule has 4 rings (SSSR count). The number of pyridine rings is 1. The number of hydrogen-bond acceptors (Lipinski definition) is 3. The summed E-state index contributed by atoms with van der Waals surface area (Å²) in [6, 6.07) is 16.5. The number of nitrogens with one attached hydrogen (secondary N) is 1. The molecule has 0 saturated heterocycles. The number of halogens is 3. The first-order chi connectivity index (χ1) is 13.1. The second-order valence-electron chi connectivity index (χ2n) is 6.94. The fourth-order valence-electron chi connectivity index (χ4n) is 3.82. The summed E-state index contributed by atoms with van der Waals surface area (Å²) >= 11 is 12.3. The van der Waals surface area contributed by atoms with E-state index in [9.17, 15) is 0 Å². The molecule has 0 saturated carbocycles. The van der Waals surface area contributed by atoms with Crippen LogP contribution >= 0.6 is 35.6 Å². The highest BCUT2D eigenvalue weighted by molar-refractivity contribution is 6.42. The Labute approximate surface area is 181 Å². The molecule has 1 aliphatic carbocycles. The van der Waals surface area contributed by atoms with Gasteiger partial charge in [0.2, 0.25) is 0 Å². The lowest BCUT2D eigenvalue weighted by Crippen LogP contribution is -2.21. The van der Waals surface area contributed by atoms with Gasteiger partial charge in [0.15, 0.2) is 0 Å². The predicted octanol–water partition coefficient (Wildman–Crippen LogP) is 6.44. The van der Waals surface area contributed by atoms with Gasteiger partial charge < -0.3 is 11.1 Å². The summed E-state index contributed by atoms with van der Waals surface area (Å²) in [6.07, 6.45) is 3.78. The number of nitrogens with zero attached hydrogens (tertiary/aromatic N) is 1. The molecule has 0 spiro atoms. The van der Waals surface area contributed by atoms with Gasteiger partial charge in [-0.15, -0.1) is 12.4 Å². The Bertz CT molecular complexity index is 973. The second kappa shape index (κ2) is 8.71. The SMILES string of the molecule is CNc1ccc(-c2ccc3c(c2)C(N)CC[C@H]3c2ccc(Cl)c(Cl)c2)nc1.Cl. The van der Waals surface area contributed by atoms with Crippen LogP contribution in [0.2, 0.25) is 10.0 Å². The zero-order valence-electron chi connectivity index (χ0n) is 15.5. The molecule has 3 aromatic rings. The van der Waals surface area contributed by atoms with Crippen molar-refractivity contribution in [2.45, 2.75) is 24.8 Å². The van der Waals surface area contributed by atoms with E-state index in [1.807, 2.05) is 37.5 Å². The molecular weight excluding hydrogens is 413 g/mol. The van der Waals surface area contributed by atoms with E-state index in [1.165, 1.54) is 16.7 Å². The predicted molar refractivity (Wildman–Crippen MR) is 121 cm³/mol. The Balaban J connectivity index is 0.00000225. The minimum Gasteiger partial charge on any atom is -0.387 e. The van der Waals surface area contributed by atoms with Crippen LogP contribution in [0.4, 0.5) is 5.69 Å². The van der Waals surface area contributed by atoms with Gasteiger partial charge in [-0.1, -0.05) is 41.4 Å². The number of aromatic nitrogens is 1. The highest BCUT2D eigenvalue weighted by Gasteiger charge is 2.27. The molecule has 0 aliphatic heterocycles. The Morgan fingerprint density at radius 2 is 1.79 bits per heavy atom. The van der Waals surface area contributed by atoms with E-state index in [-0.39, 0.29) is 24.4 Å². The summed E-state index contributed by atoms with van der Waals surface area (Å²) in [5.41, 5.74) is 13.1. The van der Waals surface area contributed by atoms with E-state index in [1.54, 1.807) is 0 Å². The quantitative estimate of drug-likeness (QED) is 0.498. The van der Waals surface area contributed by atoms with Crippen LogP contribution in [0.3, 0.4) is 0 Å². The van der Waals surface area contributed by atoms with Gasteiger partial charge in [0.05, 0.1) is 27.6 Å². The van der Waals surface area contributed by atoms with Crippen molar-refractivity contribution >= 4 is 41.3 Å². The van der Waals surface area contributed by atoms with Crippen molar-refractivity contribution in [1.82, 2.24) is 4.98 Å². The van der Waals surface area contributed by atoms with Crippen molar-refractivity contribution in [2.75, 3.05) is 12.4 Å². The van der Waals surface area contributed by atoms with Crippen molar-refractivity contribution in [3.63, 3.8) is 0 Å². The van der Waals surface area contributed by atoms with Crippen LogP contribution in [-0.2, 0) is 0 Å².